The fraction of sp³-hybridized carbons (Fsp3) is 0.409. The fourth-order valence-electron chi connectivity index (χ4n) is 3.17. The number of rotatable bonds is 10. The molecule has 1 amide bonds. The number of ether oxygens (including phenoxy) is 3. The topological polar surface area (TPSA) is 95.7 Å². The zero-order chi connectivity index (χ0) is 22.4. The van der Waals surface area contributed by atoms with Gasteiger partial charge < -0.3 is 24.1 Å². The lowest BCUT2D eigenvalue weighted by atomic mass is 9.99. The Kier molecular flexibility index (Phi) is 7.51. The first kappa shape index (κ1) is 22.6. The summed E-state index contributed by atoms with van der Waals surface area (Å²) >= 11 is 1.55. The van der Waals surface area contributed by atoms with Gasteiger partial charge in [0, 0.05) is 10.4 Å². The highest BCUT2D eigenvalue weighted by molar-refractivity contribution is 7.10. The first-order valence-electron chi connectivity index (χ1n) is 9.96. The van der Waals surface area contributed by atoms with Gasteiger partial charge in [-0.15, -0.1) is 11.3 Å². The second-order valence-electron chi connectivity index (χ2n) is 7.06. The van der Waals surface area contributed by atoms with Crippen molar-refractivity contribution >= 4 is 17.2 Å². The van der Waals surface area contributed by atoms with Crippen LogP contribution in [-0.4, -0.2) is 37.4 Å². The first-order valence-corrected chi connectivity index (χ1v) is 10.8. The molecule has 0 aliphatic rings. The summed E-state index contributed by atoms with van der Waals surface area (Å²) in [6.07, 6.45) is 1.16. The van der Waals surface area contributed by atoms with Crippen LogP contribution in [0.4, 0.5) is 0 Å². The van der Waals surface area contributed by atoms with E-state index in [9.17, 15) is 4.79 Å². The molecule has 0 aliphatic carbocycles. The Bertz CT molecular complexity index is 978. The van der Waals surface area contributed by atoms with Gasteiger partial charge in [0.25, 0.3) is 0 Å². The largest absolute Gasteiger partial charge is 0.493 e. The molecule has 0 fully saturated rings. The van der Waals surface area contributed by atoms with Crippen LogP contribution >= 0.6 is 11.3 Å². The highest BCUT2D eigenvalue weighted by atomic mass is 32.1. The van der Waals surface area contributed by atoms with E-state index in [1.54, 1.807) is 44.8 Å². The minimum atomic E-state index is -0.388. The molecular formula is C22H27N3O5S. The lowest BCUT2D eigenvalue weighted by Gasteiger charge is -2.20. The highest BCUT2D eigenvalue weighted by Crippen LogP contribution is 2.40. The van der Waals surface area contributed by atoms with E-state index in [1.807, 2.05) is 24.4 Å². The van der Waals surface area contributed by atoms with Crippen molar-refractivity contribution in [2.24, 2.45) is 5.92 Å². The maximum Gasteiger partial charge on any atom is 0.249 e. The molecule has 0 radical (unpaired) electrons. The molecule has 2 unspecified atom stereocenters. The van der Waals surface area contributed by atoms with Crippen molar-refractivity contribution in [1.82, 2.24) is 15.5 Å². The van der Waals surface area contributed by atoms with E-state index in [-0.39, 0.29) is 17.9 Å². The van der Waals surface area contributed by atoms with E-state index < -0.39 is 0 Å². The van der Waals surface area contributed by atoms with Crippen molar-refractivity contribution < 1.29 is 23.5 Å². The van der Waals surface area contributed by atoms with Crippen LogP contribution in [-0.2, 0) is 11.2 Å². The second-order valence-corrected chi connectivity index (χ2v) is 8.09. The molecule has 0 saturated carbocycles. The normalized spacial score (nSPS) is 12.8. The molecule has 8 nitrogen and oxygen atoms in total. The van der Waals surface area contributed by atoms with Crippen LogP contribution in [0.2, 0.25) is 0 Å². The van der Waals surface area contributed by atoms with Gasteiger partial charge in [-0.25, -0.2) is 0 Å². The molecule has 1 aromatic carbocycles. The number of benzene rings is 1. The molecular weight excluding hydrogens is 418 g/mol. The van der Waals surface area contributed by atoms with Crippen LogP contribution in [0.3, 0.4) is 0 Å². The van der Waals surface area contributed by atoms with Gasteiger partial charge in [-0.05, 0) is 29.5 Å². The molecule has 9 heteroatoms. The average molecular weight is 446 g/mol. The van der Waals surface area contributed by atoms with E-state index in [0.717, 1.165) is 11.3 Å². The van der Waals surface area contributed by atoms with E-state index in [4.69, 9.17) is 18.7 Å². The Labute approximate surface area is 185 Å². The minimum Gasteiger partial charge on any atom is -0.493 e. The molecule has 0 spiro atoms. The highest BCUT2D eigenvalue weighted by Gasteiger charge is 2.27. The van der Waals surface area contributed by atoms with Crippen LogP contribution in [0.25, 0.3) is 11.4 Å². The van der Waals surface area contributed by atoms with Crippen LogP contribution in [0.1, 0.15) is 37.1 Å². The summed E-state index contributed by atoms with van der Waals surface area (Å²) in [6, 6.07) is 6.99. The summed E-state index contributed by atoms with van der Waals surface area (Å²) in [6.45, 7) is 4.10. The standard InChI is InChI=1S/C22H27N3O5S/c1-6-13(2)19(23-18(26)12-15-8-7-9-31-15)22-24-21(25-30-22)14-10-16(27-3)20(29-5)17(11-14)28-4/h7-11,13,19H,6,12H2,1-5H3,(H,23,26). The molecule has 3 aromatic rings. The molecule has 31 heavy (non-hydrogen) atoms. The summed E-state index contributed by atoms with van der Waals surface area (Å²) in [5, 5.41) is 9.13. The van der Waals surface area contributed by atoms with Crippen LogP contribution in [0.15, 0.2) is 34.2 Å². The molecule has 166 valence electrons. The Morgan fingerprint density at radius 2 is 1.90 bits per heavy atom. The Balaban J connectivity index is 1.87. The van der Waals surface area contributed by atoms with E-state index in [0.29, 0.717) is 40.9 Å². The number of hydrogen-bond acceptors (Lipinski definition) is 8. The third-order valence-corrected chi connectivity index (χ3v) is 5.95. The predicted molar refractivity (Wildman–Crippen MR) is 118 cm³/mol. The van der Waals surface area contributed by atoms with Crippen LogP contribution in [0, 0.1) is 5.92 Å². The predicted octanol–water partition coefficient (Wildman–Crippen LogP) is 4.27. The van der Waals surface area contributed by atoms with Crippen molar-refractivity contribution in [1.29, 1.82) is 0 Å². The van der Waals surface area contributed by atoms with Crippen molar-refractivity contribution in [2.75, 3.05) is 21.3 Å². The van der Waals surface area contributed by atoms with Crippen molar-refractivity contribution in [2.45, 2.75) is 32.7 Å². The summed E-state index contributed by atoms with van der Waals surface area (Å²) in [5.74, 6) is 2.22. The summed E-state index contributed by atoms with van der Waals surface area (Å²) < 4.78 is 21.7. The zero-order valence-corrected chi connectivity index (χ0v) is 19.1. The van der Waals surface area contributed by atoms with Crippen LogP contribution in [0.5, 0.6) is 17.2 Å². The van der Waals surface area contributed by atoms with Gasteiger partial charge in [0.05, 0.1) is 27.8 Å². The van der Waals surface area contributed by atoms with Gasteiger partial charge in [-0.3, -0.25) is 4.79 Å². The van der Waals surface area contributed by atoms with E-state index in [1.165, 1.54) is 0 Å². The van der Waals surface area contributed by atoms with Gasteiger partial charge in [-0.2, -0.15) is 4.98 Å². The first-order chi connectivity index (χ1) is 15.0. The number of methoxy groups -OCH3 is 3. The quantitative estimate of drug-likeness (QED) is 0.498. The Morgan fingerprint density at radius 3 is 2.45 bits per heavy atom. The van der Waals surface area contributed by atoms with E-state index >= 15 is 0 Å². The molecule has 3 rings (SSSR count). The van der Waals surface area contributed by atoms with Crippen molar-refractivity contribution in [3.63, 3.8) is 0 Å². The molecule has 0 aliphatic heterocycles. The van der Waals surface area contributed by atoms with Crippen LogP contribution < -0.4 is 19.5 Å². The maximum absolute atomic E-state index is 12.6. The monoisotopic (exact) mass is 445 g/mol. The number of carbonyl (C=O) groups excluding carboxylic acids is 1. The summed E-state index contributed by atoms with van der Waals surface area (Å²) in [5.41, 5.74) is 0.650. The number of hydrogen-bond donors (Lipinski definition) is 1. The smallest absolute Gasteiger partial charge is 0.249 e. The maximum atomic E-state index is 12.6. The van der Waals surface area contributed by atoms with Gasteiger partial charge >= 0.3 is 0 Å². The second kappa shape index (κ2) is 10.3. The summed E-state index contributed by atoms with van der Waals surface area (Å²) in [7, 11) is 4.64. The van der Waals surface area contributed by atoms with Gasteiger partial charge in [0.2, 0.25) is 23.4 Å². The summed E-state index contributed by atoms with van der Waals surface area (Å²) in [4.78, 5) is 18.2. The molecule has 2 aromatic heterocycles. The minimum absolute atomic E-state index is 0.0831. The van der Waals surface area contributed by atoms with Gasteiger partial charge in [0.1, 0.15) is 6.04 Å². The molecule has 0 saturated heterocycles. The van der Waals surface area contributed by atoms with Gasteiger partial charge in [0.15, 0.2) is 11.5 Å². The lowest BCUT2D eigenvalue weighted by Crippen LogP contribution is -2.33. The third kappa shape index (κ3) is 5.16. The number of aromatic nitrogens is 2. The molecule has 2 heterocycles. The zero-order valence-electron chi connectivity index (χ0n) is 18.3. The average Bonchev–Trinajstić information content (AvgIpc) is 3.48. The lowest BCUT2D eigenvalue weighted by molar-refractivity contribution is -0.121. The Morgan fingerprint density at radius 1 is 1.19 bits per heavy atom. The van der Waals surface area contributed by atoms with Crippen molar-refractivity contribution in [3.05, 3.63) is 40.4 Å². The third-order valence-electron chi connectivity index (χ3n) is 5.08. The number of carbonyl (C=O) groups is 1. The van der Waals surface area contributed by atoms with Gasteiger partial charge in [-0.1, -0.05) is 31.5 Å². The molecule has 2 atom stereocenters. The Hall–Kier alpha value is -3.07. The number of thiophene rings is 1. The number of amides is 1. The molecule has 0 bridgehead atoms. The van der Waals surface area contributed by atoms with E-state index in [2.05, 4.69) is 22.4 Å². The van der Waals surface area contributed by atoms with Crippen molar-refractivity contribution in [3.8, 4) is 28.6 Å². The fourth-order valence-corrected chi connectivity index (χ4v) is 3.87. The number of nitrogens with one attached hydrogen (secondary N) is 1. The molecule has 1 N–H and O–H groups in total. The number of nitrogens with zero attached hydrogens (tertiary/aromatic N) is 2. The SMILES string of the molecule is CCC(C)C(NC(=O)Cc1cccs1)c1nc(-c2cc(OC)c(OC)c(OC)c2)no1.